The van der Waals surface area contributed by atoms with Crippen molar-refractivity contribution in [1.29, 1.82) is 0 Å². The number of likely N-dealkylation sites (N-methyl/N-ethyl adjacent to an activating group) is 1. The van der Waals surface area contributed by atoms with Crippen LogP contribution in [-0.2, 0) is 9.53 Å². The lowest BCUT2D eigenvalue weighted by atomic mass is 9.93. The Morgan fingerprint density at radius 1 is 1.44 bits per heavy atom. The minimum Gasteiger partial charge on any atom is -0.388 e. The molecule has 0 bridgehead atoms. The minimum atomic E-state index is -0.750. The van der Waals surface area contributed by atoms with Crippen molar-refractivity contribution in [2.45, 2.75) is 38.7 Å². The normalized spacial score (nSPS) is 19.8. The molecule has 1 aliphatic rings. The maximum atomic E-state index is 11.8. The summed E-state index contributed by atoms with van der Waals surface area (Å²) >= 11 is 0. The van der Waals surface area contributed by atoms with E-state index in [2.05, 4.69) is 0 Å². The van der Waals surface area contributed by atoms with E-state index in [1.807, 2.05) is 13.8 Å². The van der Waals surface area contributed by atoms with Crippen molar-refractivity contribution in [3.05, 3.63) is 0 Å². The van der Waals surface area contributed by atoms with Crippen LogP contribution in [0.1, 0.15) is 33.1 Å². The van der Waals surface area contributed by atoms with Crippen LogP contribution in [0.5, 0.6) is 0 Å². The summed E-state index contributed by atoms with van der Waals surface area (Å²) in [5.74, 6) is 0.467. The molecule has 1 amide bonds. The average molecular weight is 229 g/mol. The summed E-state index contributed by atoms with van der Waals surface area (Å²) in [4.78, 5) is 13.4. The van der Waals surface area contributed by atoms with E-state index in [1.54, 1.807) is 11.9 Å². The number of rotatable bonds is 4. The van der Waals surface area contributed by atoms with Crippen LogP contribution in [0.4, 0.5) is 0 Å². The fourth-order valence-corrected chi connectivity index (χ4v) is 1.94. The molecular formula is C12H23NO3. The first kappa shape index (κ1) is 13.5. The Kier molecular flexibility index (Phi) is 4.74. The van der Waals surface area contributed by atoms with Crippen molar-refractivity contribution >= 4 is 5.91 Å². The van der Waals surface area contributed by atoms with Gasteiger partial charge in [0, 0.05) is 46.1 Å². The maximum Gasteiger partial charge on any atom is 0.222 e. The zero-order chi connectivity index (χ0) is 12.2. The summed E-state index contributed by atoms with van der Waals surface area (Å²) in [6.07, 6.45) is 1.78. The van der Waals surface area contributed by atoms with Gasteiger partial charge >= 0.3 is 0 Å². The predicted molar refractivity (Wildman–Crippen MR) is 62.1 cm³/mol. The molecule has 0 unspecified atom stereocenters. The summed E-state index contributed by atoms with van der Waals surface area (Å²) in [6, 6.07) is 0. The Labute approximate surface area is 97.6 Å². The van der Waals surface area contributed by atoms with Crippen LogP contribution < -0.4 is 0 Å². The van der Waals surface area contributed by atoms with Crippen molar-refractivity contribution in [2.24, 2.45) is 5.92 Å². The highest BCUT2D eigenvalue weighted by molar-refractivity contribution is 5.76. The summed E-state index contributed by atoms with van der Waals surface area (Å²) in [7, 11) is 1.76. The highest BCUT2D eigenvalue weighted by atomic mass is 16.5. The van der Waals surface area contributed by atoms with E-state index >= 15 is 0 Å². The summed E-state index contributed by atoms with van der Waals surface area (Å²) < 4.78 is 5.21. The van der Waals surface area contributed by atoms with Gasteiger partial charge in [0.15, 0.2) is 0 Å². The molecule has 16 heavy (non-hydrogen) atoms. The highest BCUT2D eigenvalue weighted by Crippen LogP contribution is 2.21. The molecule has 0 atom stereocenters. The molecule has 0 spiro atoms. The lowest BCUT2D eigenvalue weighted by Gasteiger charge is -2.35. The van der Waals surface area contributed by atoms with Crippen LogP contribution in [0.15, 0.2) is 0 Å². The Morgan fingerprint density at radius 3 is 2.50 bits per heavy atom. The van der Waals surface area contributed by atoms with Gasteiger partial charge in [0.25, 0.3) is 0 Å². The first-order chi connectivity index (χ1) is 7.43. The monoisotopic (exact) mass is 229 g/mol. The van der Waals surface area contributed by atoms with Crippen LogP contribution in [0.25, 0.3) is 0 Å². The fourth-order valence-electron chi connectivity index (χ4n) is 1.94. The number of ether oxygens (including phenoxy) is 1. The second-order valence-electron chi connectivity index (χ2n) is 5.18. The molecule has 0 aromatic rings. The molecule has 0 aliphatic carbocycles. The number of aliphatic hydroxyl groups is 1. The van der Waals surface area contributed by atoms with Gasteiger partial charge in [-0.25, -0.2) is 0 Å². The largest absolute Gasteiger partial charge is 0.388 e. The molecule has 1 saturated heterocycles. The smallest absolute Gasteiger partial charge is 0.222 e. The Bertz CT molecular complexity index is 234. The van der Waals surface area contributed by atoms with E-state index in [1.165, 1.54) is 0 Å². The number of amides is 1. The quantitative estimate of drug-likeness (QED) is 0.783. The Hall–Kier alpha value is -0.610. The van der Waals surface area contributed by atoms with Gasteiger partial charge < -0.3 is 14.7 Å². The second-order valence-corrected chi connectivity index (χ2v) is 5.18. The van der Waals surface area contributed by atoms with Gasteiger partial charge in [0.1, 0.15) is 0 Å². The fraction of sp³-hybridized carbons (Fsp3) is 0.917. The number of nitrogens with zero attached hydrogens (tertiary/aromatic N) is 1. The molecule has 4 nitrogen and oxygen atoms in total. The van der Waals surface area contributed by atoms with Crippen LogP contribution >= 0.6 is 0 Å². The van der Waals surface area contributed by atoms with E-state index in [4.69, 9.17) is 4.74 Å². The van der Waals surface area contributed by atoms with Crippen molar-refractivity contribution in [3.63, 3.8) is 0 Å². The van der Waals surface area contributed by atoms with E-state index in [9.17, 15) is 9.90 Å². The Balaban J connectivity index is 2.42. The van der Waals surface area contributed by atoms with Crippen LogP contribution in [-0.4, -0.2) is 48.3 Å². The van der Waals surface area contributed by atoms with Gasteiger partial charge in [0.05, 0.1) is 5.60 Å². The number of hydrogen-bond acceptors (Lipinski definition) is 3. The van der Waals surface area contributed by atoms with Gasteiger partial charge in [-0.15, -0.1) is 0 Å². The SMILES string of the molecule is CC(C)CC(=O)N(C)CC1(O)CCOCC1. The molecule has 4 heteroatoms. The molecule has 1 rings (SSSR count). The number of carbonyl (C=O) groups is 1. The summed E-state index contributed by atoms with van der Waals surface area (Å²) in [5, 5.41) is 10.3. The number of hydrogen-bond donors (Lipinski definition) is 1. The second kappa shape index (κ2) is 5.64. The molecule has 1 aliphatic heterocycles. The third-order valence-corrected chi connectivity index (χ3v) is 2.96. The third-order valence-electron chi connectivity index (χ3n) is 2.96. The third kappa shape index (κ3) is 4.10. The first-order valence-corrected chi connectivity index (χ1v) is 5.97. The topological polar surface area (TPSA) is 49.8 Å². The summed E-state index contributed by atoms with van der Waals surface area (Å²) in [6.45, 7) is 5.64. The molecule has 0 aromatic heterocycles. The van der Waals surface area contributed by atoms with Crippen molar-refractivity contribution < 1.29 is 14.6 Å². The average Bonchev–Trinajstić information content (AvgIpc) is 2.16. The van der Waals surface area contributed by atoms with Gasteiger partial charge in [-0.3, -0.25) is 4.79 Å². The van der Waals surface area contributed by atoms with E-state index in [0.717, 1.165) is 0 Å². The molecule has 0 radical (unpaired) electrons. The molecule has 0 saturated carbocycles. The minimum absolute atomic E-state index is 0.106. The standard InChI is InChI=1S/C12H23NO3/c1-10(2)8-11(14)13(3)9-12(15)4-6-16-7-5-12/h10,15H,4-9H2,1-3H3. The predicted octanol–water partition coefficient (Wildman–Crippen LogP) is 1.03. The van der Waals surface area contributed by atoms with Gasteiger partial charge in [-0.2, -0.15) is 0 Å². The molecule has 1 heterocycles. The van der Waals surface area contributed by atoms with Crippen molar-refractivity contribution in [3.8, 4) is 0 Å². The van der Waals surface area contributed by atoms with Crippen molar-refractivity contribution in [2.75, 3.05) is 26.8 Å². The van der Waals surface area contributed by atoms with E-state index in [-0.39, 0.29) is 5.91 Å². The molecule has 1 N–H and O–H groups in total. The summed E-state index contributed by atoms with van der Waals surface area (Å²) in [5.41, 5.74) is -0.750. The van der Waals surface area contributed by atoms with Crippen molar-refractivity contribution in [1.82, 2.24) is 4.90 Å². The Morgan fingerprint density at radius 2 is 2.00 bits per heavy atom. The molecule has 0 aromatic carbocycles. The maximum absolute atomic E-state index is 11.8. The first-order valence-electron chi connectivity index (χ1n) is 5.97. The van der Waals surface area contributed by atoms with Gasteiger partial charge in [-0.1, -0.05) is 13.8 Å². The van der Waals surface area contributed by atoms with Gasteiger partial charge in [-0.05, 0) is 5.92 Å². The van der Waals surface area contributed by atoms with Crippen LogP contribution in [0.2, 0.25) is 0 Å². The molecular weight excluding hydrogens is 206 g/mol. The van der Waals surface area contributed by atoms with Crippen LogP contribution in [0.3, 0.4) is 0 Å². The molecule has 1 fully saturated rings. The lowest BCUT2D eigenvalue weighted by Crippen LogP contribution is -2.47. The number of carbonyl (C=O) groups excluding carboxylic acids is 1. The zero-order valence-corrected chi connectivity index (χ0v) is 10.5. The van der Waals surface area contributed by atoms with E-state index in [0.29, 0.717) is 44.9 Å². The van der Waals surface area contributed by atoms with E-state index < -0.39 is 5.60 Å². The van der Waals surface area contributed by atoms with Gasteiger partial charge in [0.2, 0.25) is 5.91 Å². The van der Waals surface area contributed by atoms with Crippen LogP contribution in [0, 0.1) is 5.92 Å². The zero-order valence-electron chi connectivity index (χ0n) is 10.5. The molecule has 94 valence electrons. The highest BCUT2D eigenvalue weighted by Gasteiger charge is 2.32. The lowest BCUT2D eigenvalue weighted by molar-refractivity contribution is -0.137.